The topological polar surface area (TPSA) is 88.1 Å². The normalized spacial score (nSPS) is 35.4. The summed E-state index contributed by atoms with van der Waals surface area (Å²) in [6, 6.07) is 0. The smallest absolute Gasteiger partial charge is 0.313 e. The molecule has 1 fully saturated rings. The molecule has 0 saturated heterocycles. The number of rotatable bonds is 8. The summed E-state index contributed by atoms with van der Waals surface area (Å²) in [5, 5.41) is 0. The van der Waals surface area contributed by atoms with Gasteiger partial charge in [0.25, 0.3) is 0 Å². The molecule has 0 aromatic heterocycles. The van der Waals surface area contributed by atoms with Gasteiger partial charge in [-0.1, -0.05) is 6.08 Å². The Morgan fingerprint density at radius 2 is 1.73 bits per heavy atom. The summed E-state index contributed by atoms with van der Waals surface area (Å²) in [4.78, 5) is 39.0. The Balaban J connectivity index is 2.67. The van der Waals surface area contributed by atoms with Crippen molar-refractivity contribution < 1.29 is 33.3 Å². The highest BCUT2D eigenvalue weighted by molar-refractivity contribution is 7.98. The van der Waals surface area contributed by atoms with Gasteiger partial charge in [0.1, 0.15) is 11.5 Å². The van der Waals surface area contributed by atoms with Crippen LogP contribution in [0.15, 0.2) is 12.2 Å². The van der Waals surface area contributed by atoms with Gasteiger partial charge in [0.05, 0.1) is 19.1 Å². The van der Waals surface area contributed by atoms with Crippen molar-refractivity contribution >= 4 is 29.5 Å². The van der Waals surface area contributed by atoms with Gasteiger partial charge in [0.15, 0.2) is 5.60 Å². The minimum absolute atomic E-state index is 0.132. The molecule has 146 valence electrons. The molecule has 0 aromatic carbocycles. The molecule has 0 unspecified atom stereocenters. The molecular formula is C18H26O7S. The summed E-state index contributed by atoms with van der Waals surface area (Å²) in [5.74, 6) is -3.93. The van der Waals surface area contributed by atoms with E-state index in [-0.39, 0.29) is 19.0 Å². The van der Waals surface area contributed by atoms with Crippen LogP contribution in [0.1, 0.15) is 13.8 Å². The van der Waals surface area contributed by atoms with Crippen LogP contribution >= 0.6 is 11.8 Å². The molecule has 5 atom stereocenters. The highest BCUT2D eigenvalue weighted by atomic mass is 32.2. The number of carbonyl (C=O) groups is 3. The van der Waals surface area contributed by atoms with Gasteiger partial charge in [-0.3, -0.25) is 14.4 Å². The Bertz CT molecular complexity index is 604. The third kappa shape index (κ3) is 2.88. The Morgan fingerprint density at radius 3 is 2.23 bits per heavy atom. The summed E-state index contributed by atoms with van der Waals surface area (Å²) in [6.07, 6.45) is 5.15. The number of methoxy groups -OCH3 is 2. The molecule has 0 aliphatic heterocycles. The average molecular weight is 386 g/mol. The van der Waals surface area contributed by atoms with Crippen molar-refractivity contribution in [1.29, 1.82) is 0 Å². The minimum Gasteiger partial charge on any atom is -0.466 e. The molecule has 0 spiro atoms. The second kappa shape index (κ2) is 8.10. The largest absolute Gasteiger partial charge is 0.466 e. The Hall–Kier alpha value is -1.38. The molecule has 0 N–H and O–H groups in total. The van der Waals surface area contributed by atoms with Crippen LogP contribution in [0.25, 0.3) is 0 Å². The number of carbonyl (C=O) groups excluding carboxylic acids is 3. The van der Waals surface area contributed by atoms with Gasteiger partial charge in [0.2, 0.25) is 5.78 Å². The Labute approximate surface area is 157 Å². The van der Waals surface area contributed by atoms with Crippen LogP contribution in [0.4, 0.5) is 0 Å². The predicted molar refractivity (Wildman–Crippen MR) is 95.7 cm³/mol. The fraction of sp³-hybridized carbons (Fsp3) is 0.722. The first-order chi connectivity index (χ1) is 12.4. The van der Waals surface area contributed by atoms with Crippen LogP contribution in [-0.4, -0.2) is 68.4 Å². The predicted octanol–water partition coefficient (Wildman–Crippen LogP) is 1.25. The van der Waals surface area contributed by atoms with Crippen LogP contribution in [0, 0.1) is 17.8 Å². The van der Waals surface area contributed by atoms with Crippen LogP contribution in [-0.2, 0) is 33.3 Å². The van der Waals surface area contributed by atoms with Crippen molar-refractivity contribution in [3.8, 4) is 0 Å². The number of thioether (sulfide) groups is 1. The van der Waals surface area contributed by atoms with E-state index in [1.54, 1.807) is 26.0 Å². The molecule has 0 amide bonds. The number of hydrogen-bond acceptors (Lipinski definition) is 8. The van der Waals surface area contributed by atoms with Gasteiger partial charge < -0.3 is 18.9 Å². The Morgan fingerprint density at radius 1 is 1.12 bits per heavy atom. The lowest BCUT2D eigenvalue weighted by atomic mass is 9.53. The summed E-state index contributed by atoms with van der Waals surface area (Å²) < 4.78 is 21.7. The van der Waals surface area contributed by atoms with Crippen molar-refractivity contribution in [2.24, 2.45) is 17.8 Å². The van der Waals surface area contributed by atoms with E-state index in [9.17, 15) is 14.4 Å². The van der Waals surface area contributed by atoms with E-state index in [0.717, 1.165) is 0 Å². The lowest BCUT2D eigenvalue weighted by molar-refractivity contribution is -0.207. The van der Waals surface area contributed by atoms with Crippen molar-refractivity contribution in [3.63, 3.8) is 0 Å². The number of esters is 2. The number of ketones is 1. The van der Waals surface area contributed by atoms with Crippen molar-refractivity contribution in [2.45, 2.75) is 25.0 Å². The maximum absolute atomic E-state index is 13.5. The molecular weight excluding hydrogens is 360 g/mol. The van der Waals surface area contributed by atoms with Crippen molar-refractivity contribution in [2.75, 3.05) is 39.4 Å². The average Bonchev–Trinajstić information content (AvgIpc) is 2.64. The second-order valence-corrected chi connectivity index (χ2v) is 7.11. The van der Waals surface area contributed by atoms with E-state index in [1.165, 1.54) is 26.0 Å². The van der Waals surface area contributed by atoms with E-state index in [0.29, 0.717) is 5.75 Å². The fourth-order valence-corrected chi connectivity index (χ4v) is 4.99. The maximum atomic E-state index is 13.5. The molecule has 26 heavy (non-hydrogen) atoms. The van der Waals surface area contributed by atoms with Gasteiger partial charge in [-0.05, 0) is 26.2 Å². The molecule has 3 aliphatic carbocycles. The molecule has 1 saturated carbocycles. The van der Waals surface area contributed by atoms with Crippen molar-refractivity contribution in [1.82, 2.24) is 0 Å². The first-order valence-electron chi connectivity index (χ1n) is 8.56. The number of fused-ring (bicyclic) bond motifs is 2. The molecule has 3 rings (SSSR count). The standard InChI is InChI=1S/C18H26O7S/c1-6-24-14(19)12-11-8-9-17(22-3,13(12)15(20)25-7-2)16(21)18(11,23-4)10-26-5/h8-9,11-13H,6-7,10H2,1-5H3/t11-,12+,13+,17-,18+/m0/s1. The van der Waals surface area contributed by atoms with Crippen LogP contribution in [0.2, 0.25) is 0 Å². The van der Waals surface area contributed by atoms with E-state index in [1.807, 2.05) is 6.26 Å². The molecule has 0 aromatic rings. The number of hydrogen-bond donors (Lipinski definition) is 0. The lowest BCUT2D eigenvalue weighted by Crippen LogP contribution is -2.74. The summed E-state index contributed by atoms with van der Waals surface area (Å²) in [7, 11) is 2.79. The van der Waals surface area contributed by atoms with Crippen LogP contribution in [0.3, 0.4) is 0 Å². The molecule has 0 radical (unpaired) electrons. The number of ether oxygens (including phenoxy) is 4. The maximum Gasteiger partial charge on any atom is 0.313 e. The molecule has 8 heteroatoms. The third-order valence-electron chi connectivity index (χ3n) is 5.20. The quantitative estimate of drug-likeness (QED) is 0.455. The minimum atomic E-state index is -1.62. The Kier molecular flexibility index (Phi) is 6.52. The van der Waals surface area contributed by atoms with Gasteiger partial charge in [0, 0.05) is 25.9 Å². The highest BCUT2D eigenvalue weighted by Crippen LogP contribution is 2.54. The summed E-state index contributed by atoms with van der Waals surface area (Å²) in [5.41, 5.74) is -2.89. The zero-order valence-corrected chi connectivity index (χ0v) is 16.6. The fourth-order valence-electron chi connectivity index (χ4n) is 4.12. The first kappa shape index (κ1) is 20.9. The van der Waals surface area contributed by atoms with Crippen LogP contribution < -0.4 is 0 Å². The molecule has 7 nitrogen and oxygen atoms in total. The van der Waals surface area contributed by atoms with E-state index in [2.05, 4.69) is 0 Å². The van der Waals surface area contributed by atoms with E-state index in [4.69, 9.17) is 18.9 Å². The molecule has 3 aliphatic rings. The highest BCUT2D eigenvalue weighted by Gasteiger charge is 2.72. The summed E-state index contributed by atoms with van der Waals surface area (Å²) in [6.45, 7) is 3.66. The zero-order valence-electron chi connectivity index (χ0n) is 15.8. The van der Waals surface area contributed by atoms with Gasteiger partial charge in [-0.25, -0.2) is 0 Å². The third-order valence-corrected chi connectivity index (χ3v) is 5.91. The van der Waals surface area contributed by atoms with Crippen molar-refractivity contribution in [3.05, 3.63) is 12.2 Å². The first-order valence-corrected chi connectivity index (χ1v) is 9.96. The lowest BCUT2D eigenvalue weighted by Gasteiger charge is -2.56. The van der Waals surface area contributed by atoms with Gasteiger partial charge in [-0.15, -0.1) is 0 Å². The summed E-state index contributed by atoms with van der Waals surface area (Å²) >= 11 is 1.43. The zero-order chi connectivity index (χ0) is 19.5. The van der Waals surface area contributed by atoms with E-state index >= 15 is 0 Å². The SMILES string of the molecule is CCOC(=O)[C@@H]1[C@@H]2C=C[C@@](OC)(C(=O)[C@]2(CSC)OC)[C@H]1C(=O)OCC. The monoisotopic (exact) mass is 386 g/mol. The van der Waals surface area contributed by atoms with Gasteiger partial charge >= 0.3 is 11.9 Å². The molecule has 2 bridgehead atoms. The number of Topliss-reactive ketones (excluding diaryl/α,β-unsaturated/α-hetero) is 1. The van der Waals surface area contributed by atoms with E-state index < -0.39 is 40.9 Å². The van der Waals surface area contributed by atoms with Gasteiger partial charge in [-0.2, -0.15) is 11.8 Å². The molecule has 0 heterocycles. The second-order valence-electron chi connectivity index (χ2n) is 6.25. The van der Waals surface area contributed by atoms with Crippen LogP contribution in [0.5, 0.6) is 0 Å².